The van der Waals surface area contributed by atoms with Crippen LogP contribution in [0.15, 0.2) is 36.4 Å². The number of nitrogens with zero attached hydrogens (tertiary/aromatic N) is 2. The van der Waals surface area contributed by atoms with Crippen LogP contribution in [0.1, 0.15) is 29.3 Å². The van der Waals surface area contributed by atoms with E-state index in [1.165, 1.54) is 17.2 Å². The van der Waals surface area contributed by atoms with Crippen molar-refractivity contribution in [2.75, 3.05) is 7.05 Å². The molecule has 0 aliphatic carbocycles. The average molecular weight is 354 g/mol. The van der Waals surface area contributed by atoms with Gasteiger partial charge in [-0.25, -0.2) is 8.78 Å². The van der Waals surface area contributed by atoms with Crippen molar-refractivity contribution >= 4 is 10.9 Å². The molecule has 0 radical (unpaired) electrons. The molecule has 0 spiro atoms. The summed E-state index contributed by atoms with van der Waals surface area (Å²) in [4.78, 5) is 2.25. The van der Waals surface area contributed by atoms with Crippen molar-refractivity contribution in [3.05, 3.63) is 70.4 Å². The Bertz CT molecular complexity index is 974. The summed E-state index contributed by atoms with van der Waals surface area (Å²) in [7, 11) is 2.07. The van der Waals surface area contributed by atoms with Gasteiger partial charge in [0, 0.05) is 42.7 Å². The summed E-state index contributed by atoms with van der Waals surface area (Å²) >= 11 is 0. The van der Waals surface area contributed by atoms with Gasteiger partial charge in [-0.1, -0.05) is 24.3 Å². The van der Waals surface area contributed by atoms with Gasteiger partial charge in [-0.3, -0.25) is 4.90 Å². The Morgan fingerprint density at radius 2 is 1.92 bits per heavy atom. The SMILES string of the molecule is Cc1ccccc1CCn1c2c(c3cc(F)cc(F)c31)CN(C)C(C)C2. The highest BCUT2D eigenvalue weighted by molar-refractivity contribution is 5.86. The largest absolute Gasteiger partial charge is 0.341 e. The predicted octanol–water partition coefficient (Wildman–Crippen LogP) is 4.85. The van der Waals surface area contributed by atoms with Crippen LogP contribution in [0.3, 0.4) is 0 Å². The van der Waals surface area contributed by atoms with Crippen LogP contribution < -0.4 is 0 Å². The molecule has 136 valence electrons. The normalized spacial score (nSPS) is 17.7. The first-order valence-electron chi connectivity index (χ1n) is 9.19. The smallest absolute Gasteiger partial charge is 0.150 e. The topological polar surface area (TPSA) is 8.17 Å². The molecule has 0 saturated carbocycles. The van der Waals surface area contributed by atoms with E-state index >= 15 is 0 Å². The fourth-order valence-electron chi connectivity index (χ4n) is 4.14. The summed E-state index contributed by atoms with van der Waals surface area (Å²) in [6.45, 7) is 5.72. The quantitative estimate of drug-likeness (QED) is 0.653. The third-order valence-electron chi connectivity index (χ3n) is 5.81. The summed E-state index contributed by atoms with van der Waals surface area (Å²) in [5, 5.41) is 0.723. The van der Waals surface area contributed by atoms with Crippen LogP contribution in [0.2, 0.25) is 0 Å². The Hall–Kier alpha value is -2.20. The second kappa shape index (κ2) is 6.51. The molecule has 0 bridgehead atoms. The zero-order valence-electron chi connectivity index (χ0n) is 15.5. The van der Waals surface area contributed by atoms with E-state index in [9.17, 15) is 8.78 Å². The van der Waals surface area contributed by atoms with Crippen molar-refractivity contribution in [3.63, 3.8) is 0 Å². The number of hydrogen-bond acceptors (Lipinski definition) is 1. The highest BCUT2D eigenvalue weighted by Crippen LogP contribution is 2.34. The molecule has 0 saturated heterocycles. The second-order valence-corrected chi connectivity index (χ2v) is 7.51. The second-order valence-electron chi connectivity index (χ2n) is 7.51. The molecule has 1 unspecified atom stereocenters. The van der Waals surface area contributed by atoms with Crippen molar-refractivity contribution in [2.24, 2.45) is 0 Å². The first kappa shape index (κ1) is 17.2. The highest BCUT2D eigenvalue weighted by Gasteiger charge is 2.28. The lowest BCUT2D eigenvalue weighted by Crippen LogP contribution is -2.35. The van der Waals surface area contributed by atoms with Crippen LogP contribution in [-0.4, -0.2) is 22.6 Å². The molecule has 2 aromatic carbocycles. The van der Waals surface area contributed by atoms with E-state index in [0.717, 1.165) is 42.1 Å². The third-order valence-corrected chi connectivity index (χ3v) is 5.81. The van der Waals surface area contributed by atoms with Gasteiger partial charge >= 0.3 is 0 Å². The standard InChI is InChI=1S/C22H24F2N2/c1-14-6-4-5-7-16(14)8-9-26-21-10-15(2)25(3)13-19(21)18-11-17(23)12-20(24)22(18)26/h4-7,11-12,15H,8-10,13H2,1-3H3. The van der Waals surface area contributed by atoms with Gasteiger partial charge in [0.15, 0.2) is 0 Å². The van der Waals surface area contributed by atoms with Gasteiger partial charge in [-0.15, -0.1) is 0 Å². The third kappa shape index (κ3) is 2.82. The summed E-state index contributed by atoms with van der Waals surface area (Å²) in [6, 6.07) is 11.2. The van der Waals surface area contributed by atoms with Crippen molar-refractivity contribution < 1.29 is 8.78 Å². The Balaban J connectivity index is 1.83. The molecule has 0 amide bonds. The number of halogens is 2. The molecule has 1 aromatic heterocycles. The van der Waals surface area contributed by atoms with Crippen LogP contribution in [0, 0.1) is 18.6 Å². The fourth-order valence-corrected chi connectivity index (χ4v) is 4.14. The molecule has 1 aliphatic heterocycles. The first-order chi connectivity index (χ1) is 12.5. The Labute approximate surface area is 153 Å². The van der Waals surface area contributed by atoms with Crippen LogP contribution in [0.25, 0.3) is 10.9 Å². The van der Waals surface area contributed by atoms with E-state index < -0.39 is 11.6 Å². The van der Waals surface area contributed by atoms with Gasteiger partial charge < -0.3 is 4.57 Å². The molecular weight excluding hydrogens is 330 g/mol. The highest BCUT2D eigenvalue weighted by atomic mass is 19.1. The lowest BCUT2D eigenvalue weighted by molar-refractivity contribution is 0.228. The van der Waals surface area contributed by atoms with Gasteiger partial charge in [0.1, 0.15) is 11.6 Å². The zero-order valence-corrected chi connectivity index (χ0v) is 15.5. The van der Waals surface area contributed by atoms with Crippen LogP contribution >= 0.6 is 0 Å². The number of fused-ring (bicyclic) bond motifs is 3. The van der Waals surface area contributed by atoms with E-state index in [1.54, 1.807) is 0 Å². The maximum atomic E-state index is 14.7. The molecule has 3 aromatic rings. The number of hydrogen-bond donors (Lipinski definition) is 0. The molecule has 1 atom stereocenters. The predicted molar refractivity (Wildman–Crippen MR) is 101 cm³/mol. The maximum absolute atomic E-state index is 14.7. The van der Waals surface area contributed by atoms with Gasteiger partial charge in [-0.05, 0) is 50.1 Å². The van der Waals surface area contributed by atoms with Crippen LogP contribution in [-0.2, 0) is 25.9 Å². The Morgan fingerprint density at radius 1 is 1.15 bits per heavy atom. The lowest BCUT2D eigenvalue weighted by atomic mass is 10.00. The molecule has 0 fully saturated rings. The van der Waals surface area contributed by atoms with E-state index in [-0.39, 0.29) is 0 Å². The summed E-state index contributed by atoms with van der Waals surface area (Å²) in [5.41, 5.74) is 5.30. The first-order valence-corrected chi connectivity index (χ1v) is 9.19. The van der Waals surface area contributed by atoms with Gasteiger partial charge in [-0.2, -0.15) is 0 Å². The summed E-state index contributed by atoms with van der Waals surface area (Å²) < 4.78 is 30.7. The molecule has 0 N–H and O–H groups in total. The van der Waals surface area contributed by atoms with Crippen LogP contribution in [0.5, 0.6) is 0 Å². The number of benzene rings is 2. The van der Waals surface area contributed by atoms with Gasteiger partial charge in [0.2, 0.25) is 0 Å². The van der Waals surface area contributed by atoms with Crippen LogP contribution in [0.4, 0.5) is 8.78 Å². The van der Waals surface area contributed by atoms with Gasteiger partial charge in [0.05, 0.1) is 5.52 Å². The lowest BCUT2D eigenvalue weighted by Gasteiger charge is -2.31. The van der Waals surface area contributed by atoms with Crippen molar-refractivity contribution in [1.29, 1.82) is 0 Å². The molecule has 2 nitrogen and oxygen atoms in total. The minimum absolute atomic E-state index is 0.386. The minimum atomic E-state index is -0.505. The molecule has 2 heterocycles. The van der Waals surface area contributed by atoms with Gasteiger partial charge in [0.25, 0.3) is 0 Å². The van der Waals surface area contributed by atoms with Crippen molar-refractivity contribution in [2.45, 2.75) is 45.8 Å². The van der Waals surface area contributed by atoms with E-state index in [1.807, 2.05) is 12.1 Å². The number of rotatable bonds is 3. The molecule has 4 heteroatoms. The average Bonchev–Trinajstić information content (AvgIpc) is 2.88. The maximum Gasteiger partial charge on any atom is 0.150 e. The van der Waals surface area contributed by atoms with E-state index in [2.05, 4.69) is 42.5 Å². The Morgan fingerprint density at radius 3 is 2.69 bits per heavy atom. The minimum Gasteiger partial charge on any atom is -0.341 e. The molecule has 4 rings (SSSR count). The molecular formula is C22H24F2N2. The molecule has 1 aliphatic rings. The van der Waals surface area contributed by atoms with E-state index in [4.69, 9.17) is 0 Å². The number of aromatic nitrogens is 1. The van der Waals surface area contributed by atoms with Crippen molar-refractivity contribution in [1.82, 2.24) is 9.47 Å². The Kier molecular flexibility index (Phi) is 4.31. The number of likely N-dealkylation sites (N-methyl/N-ethyl adjacent to an activating group) is 1. The summed E-state index contributed by atoms with van der Waals surface area (Å²) in [5.74, 6) is -0.968. The summed E-state index contributed by atoms with van der Waals surface area (Å²) in [6.07, 6.45) is 1.69. The zero-order chi connectivity index (χ0) is 18.4. The monoisotopic (exact) mass is 354 g/mol. The van der Waals surface area contributed by atoms with E-state index in [0.29, 0.717) is 18.1 Å². The van der Waals surface area contributed by atoms with Crippen molar-refractivity contribution in [3.8, 4) is 0 Å². The number of aryl methyl sites for hydroxylation is 3. The molecule has 26 heavy (non-hydrogen) atoms. The fraction of sp³-hybridized carbons (Fsp3) is 0.364.